The van der Waals surface area contributed by atoms with Gasteiger partial charge in [0.25, 0.3) is 0 Å². The first-order valence-corrected chi connectivity index (χ1v) is 5.41. The molecular weight excluding hydrogens is 284 g/mol. The molecule has 0 amide bonds. The van der Waals surface area contributed by atoms with Gasteiger partial charge in [0.2, 0.25) is 0 Å². The largest absolute Gasteiger partial charge is 0.478 e. The van der Waals surface area contributed by atoms with E-state index in [-0.39, 0.29) is 21.5 Å². The molecule has 0 aliphatic carbocycles. The molecular formula is C13H6O8. The summed E-state index contributed by atoms with van der Waals surface area (Å²) in [5.41, 5.74) is -3.30. The molecule has 0 bridgehead atoms. The maximum atomic E-state index is 11.2. The fourth-order valence-corrected chi connectivity index (χ4v) is 1.66. The van der Waals surface area contributed by atoms with E-state index in [0.717, 1.165) is 18.2 Å². The second-order valence-electron chi connectivity index (χ2n) is 3.84. The summed E-state index contributed by atoms with van der Waals surface area (Å²) in [6, 6.07) is 2.29. The van der Waals surface area contributed by atoms with Crippen molar-refractivity contribution < 1.29 is 18.7 Å². The van der Waals surface area contributed by atoms with Gasteiger partial charge in [0.1, 0.15) is 0 Å². The molecule has 2 heterocycles. The highest BCUT2D eigenvalue weighted by Crippen LogP contribution is 2.13. The summed E-state index contributed by atoms with van der Waals surface area (Å²) in [7, 11) is 0. The molecule has 8 heteroatoms. The Morgan fingerprint density at radius 2 is 1.10 bits per heavy atom. The second-order valence-corrected chi connectivity index (χ2v) is 3.84. The van der Waals surface area contributed by atoms with E-state index in [1.165, 1.54) is 0 Å². The lowest BCUT2D eigenvalue weighted by Crippen LogP contribution is -1.96. The highest BCUT2D eigenvalue weighted by atomic mass is 16.4. The van der Waals surface area contributed by atoms with Crippen molar-refractivity contribution >= 4 is 27.5 Å². The van der Waals surface area contributed by atoms with Crippen LogP contribution in [0.5, 0.6) is 0 Å². The van der Waals surface area contributed by atoms with Crippen LogP contribution in [0.4, 0.5) is 0 Å². The first kappa shape index (κ1) is 14.1. The van der Waals surface area contributed by atoms with Gasteiger partial charge in [-0.2, -0.15) is 0 Å². The van der Waals surface area contributed by atoms with E-state index in [9.17, 15) is 24.0 Å². The molecule has 8 nitrogen and oxygen atoms in total. The van der Waals surface area contributed by atoms with Crippen LogP contribution in [0.25, 0.3) is 21.5 Å². The van der Waals surface area contributed by atoms with Crippen LogP contribution >= 0.6 is 0 Å². The SMILES string of the molecule is C=CC(=O)O.O=c1oc(=O)c2cc3c(=O)oc(=O)c3cc12. The smallest absolute Gasteiger partial charge is 0.346 e. The molecule has 3 rings (SSSR count). The van der Waals surface area contributed by atoms with Crippen LogP contribution in [0, 0.1) is 0 Å². The fourth-order valence-electron chi connectivity index (χ4n) is 1.66. The van der Waals surface area contributed by atoms with Gasteiger partial charge in [0, 0.05) is 6.08 Å². The Morgan fingerprint density at radius 1 is 0.857 bits per heavy atom. The average molecular weight is 290 g/mol. The van der Waals surface area contributed by atoms with Crippen LogP contribution in [0.15, 0.2) is 52.8 Å². The van der Waals surface area contributed by atoms with Gasteiger partial charge in [-0.1, -0.05) is 6.58 Å². The Kier molecular flexibility index (Phi) is 3.37. The van der Waals surface area contributed by atoms with E-state index in [2.05, 4.69) is 15.4 Å². The molecule has 3 aromatic rings. The van der Waals surface area contributed by atoms with E-state index in [0.29, 0.717) is 0 Å². The van der Waals surface area contributed by atoms with Gasteiger partial charge in [-0.15, -0.1) is 0 Å². The van der Waals surface area contributed by atoms with Gasteiger partial charge in [-0.05, 0) is 12.1 Å². The second kappa shape index (κ2) is 5.00. The number of carboxylic acid groups (broad SMARTS) is 1. The molecule has 0 saturated carbocycles. The molecule has 0 aliphatic rings. The number of hydrogen-bond donors (Lipinski definition) is 1. The molecule has 0 fully saturated rings. The van der Waals surface area contributed by atoms with Crippen molar-refractivity contribution in [1.29, 1.82) is 0 Å². The summed E-state index contributed by atoms with van der Waals surface area (Å²) >= 11 is 0. The molecule has 0 atom stereocenters. The van der Waals surface area contributed by atoms with Crippen molar-refractivity contribution in [2.24, 2.45) is 0 Å². The monoisotopic (exact) mass is 290 g/mol. The Bertz CT molecular complexity index is 909. The molecule has 0 radical (unpaired) electrons. The van der Waals surface area contributed by atoms with Gasteiger partial charge >= 0.3 is 28.5 Å². The van der Waals surface area contributed by atoms with Crippen LogP contribution in [-0.4, -0.2) is 11.1 Å². The van der Waals surface area contributed by atoms with Crippen LogP contribution in [0.3, 0.4) is 0 Å². The van der Waals surface area contributed by atoms with Crippen LogP contribution in [-0.2, 0) is 4.79 Å². The Balaban J connectivity index is 0.000000282. The van der Waals surface area contributed by atoms with E-state index < -0.39 is 28.5 Å². The first-order valence-electron chi connectivity index (χ1n) is 5.41. The summed E-state index contributed by atoms with van der Waals surface area (Å²) in [6.07, 6.45) is 0.833. The number of hydrogen-bond acceptors (Lipinski definition) is 7. The minimum absolute atomic E-state index is 0.0181. The number of carboxylic acids is 1. The summed E-state index contributed by atoms with van der Waals surface area (Å²) in [5.74, 6) is -0.981. The molecule has 2 aromatic heterocycles. The number of benzene rings is 1. The third kappa shape index (κ3) is 2.41. The highest BCUT2D eigenvalue weighted by molar-refractivity contribution is 5.96. The van der Waals surface area contributed by atoms with Crippen molar-refractivity contribution in [3.05, 3.63) is 66.5 Å². The standard InChI is InChI=1S/C10H2O6.C3H4O2/c11-7-3-1-4-6(10(14)16-8(4)12)2-5(3)9(13)15-7;1-2-3(4)5/h1-2H;2H,1H2,(H,4,5). The lowest BCUT2D eigenvalue weighted by atomic mass is 10.1. The van der Waals surface area contributed by atoms with Crippen molar-refractivity contribution in [2.45, 2.75) is 0 Å². The van der Waals surface area contributed by atoms with Crippen LogP contribution in [0.2, 0.25) is 0 Å². The first-order chi connectivity index (χ1) is 9.85. The predicted octanol–water partition coefficient (Wildman–Crippen LogP) is -0.248. The highest BCUT2D eigenvalue weighted by Gasteiger charge is 2.15. The van der Waals surface area contributed by atoms with E-state index >= 15 is 0 Å². The molecule has 0 saturated heterocycles. The Morgan fingerprint density at radius 3 is 1.29 bits per heavy atom. The maximum absolute atomic E-state index is 11.2. The Labute approximate surface area is 113 Å². The Hall–Kier alpha value is -3.29. The van der Waals surface area contributed by atoms with Crippen molar-refractivity contribution in [2.75, 3.05) is 0 Å². The summed E-state index contributed by atoms with van der Waals surface area (Å²) in [5, 5.41) is 7.53. The van der Waals surface area contributed by atoms with Gasteiger partial charge in [-0.25, -0.2) is 24.0 Å². The molecule has 0 aliphatic heterocycles. The van der Waals surface area contributed by atoms with Gasteiger partial charge in [-0.3, -0.25) is 0 Å². The quantitative estimate of drug-likeness (QED) is 0.607. The summed E-state index contributed by atoms with van der Waals surface area (Å²) < 4.78 is 8.68. The number of furan rings is 2. The van der Waals surface area contributed by atoms with E-state index in [4.69, 9.17) is 5.11 Å². The zero-order valence-electron chi connectivity index (χ0n) is 10.2. The van der Waals surface area contributed by atoms with Crippen molar-refractivity contribution in [1.82, 2.24) is 0 Å². The van der Waals surface area contributed by atoms with Crippen LogP contribution < -0.4 is 22.5 Å². The van der Waals surface area contributed by atoms with Gasteiger partial charge in [0.15, 0.2) is 0 Å². The number of carbonyl (C=O) groups is 1. The third-order valence-electron chi connectivity index (χ3n) is 2.58. The average Bonchev–Trinajstić information content (AvgIpc) is 2.87. The van der Waals surface area contributed by atoms with Crippen LogP contribution in [0.1, 0.15) is 0 Å². The molecule has 1 aromatic carbocycles. The van der Waals surface area contributed by atoms with E-state index in [1.54, 1.807) is 0 Å². The number of aliphatic carboxylic acids is 1. The topological polar surface area (TPSA) is 132 Å². The molecule has 21 heavy (non-hydrogen) atoms. The third-order valence-corrected chi connectivity index (χ3v) is 2.58. The lowest BCUT2D eigenvalue weighted by molar-refractivity contribution is -0.131. The number of fused-ring (bicyclic) bond motifs is 2. The molecule has 1 N–H and O–H groups in total. The molecule has 0 spiro atoms. The lowest BCUT2D eigenvalue weighted by Gasteiger charge is -1.84. The van der Waals surface area contributed by atoms with Crippen molar-refractivity contribution in [3.63, 3.8) is 0 Å². The summed E-state index contributed by atoms with van der Waals surface area (Å²) in [4.78, 5) is 54.0. The predicted molar refractivity (Wildman–Crippen MR) is 71.3 cm³/mol. The molecule has 0 unspecified atom stereocenters. The summed E-state index contributed by atoms with van der Waals surface area (Å²) in [6.45, 7) is 2.96. The number of rotatable bonds is 1. The van der Waals surface area contributed by atoms with Crippen molar-refractivity contribution in [3.8, 4) is 0 Å². The minimum atomic E-state index is -0.981. The van der Waals surface area contributed by atoms with Gasteiger partial charge < -0.3 is 13.9 Å². The fraction of sp³-hybridized carbons (Fsp3) is 0. The van der Waals surface area contributed by atoms with Gasteiger partial charge in [0.05, 0.1) is 21.5 Å². The minimum Gasteiger partial charge on any atom is -0.478 e. The van der Waals surface area contributed by atoms with E-state index in [1.807, 2.05) is 0 Å². The zero-order chi connectivity index (χ0) is 15.7. The maximum Gasteiger partial charge on any atom is 0.346 e. The molecule has 106 valence electrons. The normalized spacial score (nSPS) is 10.3. The zero-order valence-corrected chi connectivity index (χ0v) is 10.2.